The second kappa shape index (κ2) is 9.38. The Balaban J connectivity index is 2.48. The summed E-state index contributed by atoms with van der Waals surface area (Å²) in [6.07, 6.45) is 12.2. The maximum atomic E-state index is 12.5. The van der Waals surface area contributed by atoms with Crippen LogP contribution in [0.25, 0.3) is 0 Å². The van der Waals surface area contributed by atoms with Crippen molar-refractivity contribution in [2.45, 2.75) is 70.9 Å². The van der Waals surface area contributed by atoms with Gasteiger partial charge in [-0.2, -0.15) is 0 Å². The number of carboxylic acids is 1. The summed E-state index contributed by atoms with van der Waals surface area (Å²) in [6, 6.07) is -0.283. The third-order valence-electron chi connectivity index (χ3n) is 3.54. The third-order valence-corrected chi connectivity index (χ3v) is 3.54. The van der Waals surface area contributed by atoms with Crippen molar-refractivity contribution in [2.75, 3.05) is 6.54 Å². The largest absolute Gasteiger partial charge is 0.481 e. The van der Waals surface area contributed by atoms with E-state index in [1.165, 1.54) is 0 Å². The second-order valence-electron chi connectivity index (χ2n) is 6.86. The summed E-state index contributed by atoms with van der Waals surface area (Å²) in [5, 5.41) is 8.63. The van der Waals surface area contributed by atoms with Gasteiger partial charge in [0.1, 0.15) is 11.6 Å². The van der Waals surface area contributed by atoms with Crippen molar-refractivity contribution in [1.29, 1.82) is 0 Å². The first-order valence-electron chi connectivity index (χ1n) is 8.33. The second-order valence-corrected chi connectivity index (χ2v) is 6.86. The monoisotopic (exact) mass is 323 g/mol. The molecule has 0 aliphatic carbocycles. The van der Waals surface area contributed by atoms with Crippen molar-refractivity contribution in [3.63, 3.8) is 0 Å². The molecule has 0 spiro atoms. The van der Waals surface area contributed by atoms with E-state index in [1.54, 1.807) is 0 Å². The molecule has 1 heterocycles. The van der Waals surface area contributed by atoms with Gasteiger partial charge in [-0.05, 0) is 39.7 Å². The molecule has 0 fully saturated rings. The van der Waals surface area contributed by atoms with E-state index in [0.717, 1.165) is 25.7 Å². The van der Waals surface area contributed by atoms with Crippen LogP contribution in [0, 0.1) is 0 Å². The molecule has 0 amide bonds. The molecule has 0 bridgehead atoms. The molecule has 23 heavy (non-hydrogen) atoms. The molecule has 1 atom stereocenters. The number of carboxylic acid groups (broad SMARTS) is 1. The van der Waals surface area contributed by atoms with Gasteiger partial charge in [0, 0.05) is 19.2 Å². The average molecular weight is 323 g/mol. The summed E-state index contributed by atoms with van der Waals surface area (Å²) in [5.74, 6) is -0.940. The average Bonchev–Trinajstić information content (AvgIpc) is 2.45. The molecule has 1 rings (SSSR count). The number of hydrogen-bond acceptors (Lipinski definition) is 4. The molecular weight excluding hydrogens is 294 g/mol. The van der Waals surface area contributed by atoms with E-state index in [-0.39, 0.29) is 18.4 Å². The van der Waals surface area contributed by atoms with Crippen LogP contribution in [0.2, 0.25) is 0 Å². The Bertz CT molecular complexity index is 448. The van der Waals surface area contributed by atoms with Crippen LogP contribution in [0.3, 0.4) is 0 Å². The highest BCUT2D eigenvalue weighted by Crippen LogP contribution is 2.18. The van der Waals surface area contributed by atoms with Crippen LogP contribution >= 0.6 is 0 Å². The Labute approximate surface area is 139 Å². The number of unbranched alkanes of at least 4 members (excludes halogenated alkanes) is 3. The Kier molecular flexibility index (Phi) is 7.86. The van der Waals surface area contributed by atoms with Gasteiger partial charge in [0.05, 0.1) is 0 Å². The molecule has 1 unspecified atom stereocenters. The van der Waals surface area contributed by atoms with Crippen LogP contribution in [-0.2, 0) is 14.3 Å². The van der Waals surface area contributed by atoms with Gasteiger partial charge < -0.3 is 14.7 Å². The van der Waals surface area contributed by atoms with Crippen LogP contribution in [0.5, 0.6) is 0 Å². The van der Waals surface area contributed by atoms with Gasteiger partial charge in [0.25, 0.3) is 0 Å². The highest BCUT2D eigenvalue weighted by Gasteiger charge is 2.28. The van der Waals surface area contributed by atoms with E-state index in [1.807, 2.05) is 50.1 Å². The first kappa shape index (κ1) is 19.3. The minimum Gasteiger partial charge on any atom is -0.481 e. The standard InChI is InChI=1S/C18H29NO4/c1-18(2,3)23-17(22)15(19-13-9-6-10-14-19)11-7-4-5-8-12-16(20)21/h6,9-10,13,15H,4-5,7-8,11-12,14H2,1-3H3,(H,20,21). The number of ether oxygens (including phenoxy) is 1. The number of allylic oxidation sites excluding steroid dienone is 2. The van der Waals surface area contributed by atoms with Crippen LogP contribution in [0.1, 0.15) is 59.3 Å². The summed E-state index contributed by atoms with van der Waals surface area (Å²) in [4.78, 5) is 25.0. The molecule has 0 aromatic rings. The quantitative estimate of drug-likeness (QED) is 0.519. The van der Waals surface area contributed by atoms with E-state index in [4.69, 9.17) is 9.84 Å². The molecule has 1 aliphatic rings. The van der Waals surface area contributed by atoms with Gasteiger partial charge in [0.2, 0.25) is 0 Å². The molecule has 0 aromatic heterocycles. The molecule has 130 valence electrons. The number of carbonyl (C=O) groups excluding carboxylic acids is 1. The van der Waals surface area contributed by atoms with Crippen molar-refractivity contribution in [3.8, 4) is 0 Å². The van der Waals surface area contributed by atoms with Crippen molar-refractivity contribution in [1.82, 2.24) is 4.90 Å². The Hall–Kier alpha value is -1.78. The highest BCUT2D eigenvalue weighted by molar-refractivity contribution is 5.76. The Morgan fingerprint density at radius 2 is 1.87 bits per heavy atom. The van der Waals surface area contributed by atoms with E-state index in [9.17, 15) is 9.59 Å². The molecule has 5 nitrogen and oxygen atoms in total. The van der Waals surface area contributed by atoms with Gasteiger partial charge in [-0.25, -0.2) is 4.79 Å². The number of rotatable bonds is 9. The maximum absolute atomic E-state index is 12.5. The van der Waals surface area contributed by atoms with Gasteiger partial charge in [-0.3, -0.25) is 4.79 Å². The number of hydrogen-bond donors (Lipinski definition) is 1. The zero-order valence-electron chi connectivity index (χ0n) is 14.5. The first-order chi connectivity index (χ1) is 10.8. The highest BCUT2D eigenvalue weighted by atomic mass is 16.6. The van der Waals surface area contributed by atoms with E-state index < -0.39 is 11.6 Å². The van der Waals surface area contributed by atoms with Crippen LogP contribution in [-0.4, -0.2) is 40.1 Å². The lowest BCUT2D eigenvalue weighted by Gasteiger charge is -2.32. The van der Waals surface area contributed by atoms with Crippen molar-refractivity contribution >= 4 is 11.9 Å². The number of esters is 1. The Morgan fingerprint density at radius 3 is 2.43 bits per heavy atom. The van der Waals surface area contributed by atoms with Crippen molar-refractivity contribution < 1.29 is 19.4 Å². The molecule has 0 radical (unpaired) electrons. The molecule has 1 aliphatic heterocycles. The minimum absolute atomic E-state index is 0.192. The Morgan fingerprint density at radius 1 is 1.17 bits per heavy atom. The lowest BCUT2D eigenvalue weighted by molar-refractivity contribution is -0.160. The summed E-state index contributed by atoms with van der Waals surface area (Å²) in [7, 11) is 0. The fourth-order valence-corrected chi connectivity index (χ4v) is 2.47. The lowest BCUT2D eigenvalue weighted by atomic mass is 10.0. The summed E-state index contributed by atoms with van der Waals surface area (Å²) in [5.41, 5.74) is -0.494. The zero-order chi connectivity index (χ0) is 17.3. The van der Waals surface area contributed by atoms with Crippen molar-refractivity contribution in [3.05, 3.63) is 24.4 Å². The third kappa shape index (κ3) is 8.43. The maximum Gasteiger partial charge on any atom is 0.329 e. The zero-order valence-corrected chi connectivity index (χ0v) is 14.5. The van der Waals surface area contributed by atoms with E-state index >= 15 is 0 Å². The van der Waals surface area contributed by atoms with E-state index in [2.05, 4.69) is 0 Å². The first-order valence-corrected chi connectivity index (χ1v) is 8.33. The molecular formula is C18H29NO4. The topological polar surface area (TPSA) is 66.8 Å². The fourth-order valence-electron chi connectivity index (χ4n) is 2.47. The summed E-state index contributed by atoms with van der Waals surface area (Å²) in [6.45, 7) is 6.33. The predicted molar refractivity (Wildman–Crippen MR) is 90.0 cm³/mol. The molecule has 0 saturated carbocycles. The molecule has 5 heteroatoms. The smallest absolute Gasteiger partial charge is 0.329 e. The number of carbonyl (C=O) groups is 2. The van der Waals surface area contributed by atoms with Crippen LogP contribution < -0.4 is 0 Å². The predicted octanol–water partition coefficient (Wildman–Crippen LogP) is 3.51. The van der Waals surface area contributed by atoms with Gasteiger partial charge in [0.15, 0.2) is 0 Å². The minimum atomic E-state index is -0.748. The van der Waals surface area contributed by atoms with Gasteiger partial charge in [-0.15, -0.1) is 0 Å². The number of nitrogens with zero attached hydrogens (tertiary/aromatic N) is 1. The lowest BCUT2D eigenvalue weighted by Crippen LogP contribution is -2.42. The van der Waals surface area contributed by atoms with Crippen LogP contribution in [0.15, 0.2) is 24.4 Å². The van der Waals surface area contributed by atoms with Gasteiger partial charge >= 0.3 is 11.9 Å². The van der Waals surface area contributed by atoms with E-state index in [0.29, 0.717) is 13.0 Å². The SMILES string of the molecule is CC(C)(C)OC(=O)C(CCCCCCC(=O)O)N1C=CC=CC1. The molecule has 1 N–H and O–H groups in total. The van der Waals surface area contributed by atoms with Gasteiger partial charge in [-0.1, -0.05) is 31.4 Å². The van der Waals surface area contributed by atoms with Crippen LogP contribution in [0.4, 0.5) is 0 Å². The normalized spacial score (nSPS) is 15.5. The number of aliphatic carboxylic acids is 1. The summed E-state index contributed by atoms with van der Waals surface area (Å²) < 4.78 is 5.55. The summed E-state index contributed by atoms with van der Waals surface area (Å²) >= 11 is 0. The molecule has 0 aromatic carbocycles. The fraction of sp³-hybridized carbons (Fsp3) is 0.667. The van der Waals surface area contributed by atoms with Crippen molar-refractivity contribution in [2.24, 2.45) is 0 Å². The molecule has 0 saturated heterocycles.